The molecule has 6 nitrogen and oxygen atoms in total. The molecule has 0 atom stereocenters. The predicted molar refractivity (Wildman–Crippen MR) is 111 cm³/mol. The minimum absolute atomic E-state index is 0. The van der Waals surface area contributed by atoms with Crippen molar-refractivity contribution in [2.24, 2.45) is 11.7 Å². The smallest absolute Gasteiger partial charge is 0.251 e. The van der Waals surface area contributed by atoms with E-state index < -0.39 is 15.6 Å². The van der Waals surface area contributed by atoms with Gasteiger partial charge in [-0.25, -0.2) is 8.42 Å². The molecule has 1 heterocycles. The van der Waals surface area contributed by atoms with E-state index >= 15 is 0 Å². The molecule has 1 aliphatic heterocycles. The second-order valence-corrected chi connectivity index (χ2v) is 10.1. The fourth-order valence-corrected chi connectivity index (χ4v) is 4.79. The van der Waals surface area contributed by atoms with Crippen LogP contribution in [0, 0.1) is 19.8 Å². The van der Waals surface area contributed by atoms with Crippen LogP contribution >= 0.6 is 12.4 Å². The average molecular weight is 418 g/mol. The molecule has 0 aliphatic carbocycles. The molecule has 0 bridgehead atoms. The van der Waals surface area contributed by atoms with Gasteiger partial charge in [0, 0.05) is 30.7 Å². The molecule has 1 saturated heterocycles. The first-order chi connectivity index (χ1) is 11.9. The van der Waals surface area contributed by atoms with Crippen LogP contribution in [-0.2, 0) is 10.0 Å². The van der Waals surface area contributed by atoms with Gasteiger partial charge in [-0.15, -0.1) is 12.4 Å². The zero-order valence-electron chi connectivity index (χ0n) is 16.8. The van der Waals surface area contributed by atoms with Gasteiger partial charge in [0.15, 0.2) is 0 Å². The number of amides is 1. The molecule has 3 N–H and O–H groups in total. The zero-order valence-corrected chi connectivity index (χ0v) is 18.5. The van der Waals surface area contributed by atoms with Gasteiger partial charge in [-0.1, -0.05) is 6.92 Å². The number of halogens is 1. The summed E-state index contributed by atoms with van der Waals surface area (Å²) in [7, 11) is -3.61. The summed E-state index contributed by atoms with van der Waals surface area (Å²) in [5.41, 5.74) is 7.20. The van der Waals surface area contributed by atoms with Crippen LogP contribution in [0.3, 0.4) is 0 Å². The van der Waals surface area contributed by atoms with E-state index in [9.17, 15) is 13.2 Å². The molecule has 1 fully saturated rings. The number of hydrogen-bond donors (Lipinski definition) is 2. The van der Waals surface area contributed by atoms with Crippen LogP contribution in [0.5, 0.6) is 0 Å². The lowest BCUT2D eigenvalue weighted by molar-refractivity contribution is 0.0945. The van der Waals surface area contributed by atoms with E-state index in [1.807, 2.05) is 20.8 Å². The van der Waals surface area contributed by atoms with E-state index in [4.69, 9.17) is 5.73 Å². The van der Waals surface area contributed by atoms with Crippen molar-refractivity contribution < 1.29 is 13.2 Å². The lowest BCUT2D eigenvalue weighted by atomic mass is 10.0. The molecule has 0 saturated carbocycles. The van der Waals surface area contributed by atoms with Crippen LogP contribution in [0.15, 0.2) is 17.0 Å². The number of carbonyl (C=O) groups is 1. The van der Waals surface area contributed by atoms with Gasteiger partial charge in [0.2, 0.25) is 10.0 Å². The number of nitrogens with two attached hydrogens (primary N) is 1. The quantitative estimate of drug-likeness (QED) is 0.770. The highest BCUT2D eigenvalue weighted by Crippen LogP contribution is 2.28. The largest absolute Gasteiger partial charge is 0.350 e. The Bertz CT molecular complexity index is 780. The summed E-state index contributed by atoms with van der Waals surface area (Å²) in [4.78, 5) is 12.7. The van der Waals surface area contributed by atoms with Crippen LogP contribution in [0.25, 0.3) is 0 Å². The highest BCUT2D eigenvalue weighted by Gasteiger charge is 2.30. The van der Waals surface area contributed by atoms with Gasteiger partial charge >= 0.3 is 0 Å². The Morgan fingerprint density at radius 1 is 1.26 bits per heavy atom. The summed E-state index contributed by atoms with van der Waals surface area (Å²) in [6.07, 6.45) is 1.73. The minimum atomic E-state index is -3.61. The van der Waals surface area contributed by atoms with E-state index in [1.54, 1.807) is 17.3 Å². The number of nitrogens with zero attached hydrogens (tertiary/aromatic N) is 1. The van der Waals surface area contributed by atoms with Gasteiger partial charge < -0.3 is 11.1 Å². The van der Waals surface area contributed by atoms with Crippen LogP contribution in [0.1, 0.15) is 55.1 Å². The normalized spacial score (nSPS) is 16.7. The van der Waals surface area contributed by atoms with Gasteiger partial charge in [0.1, 0.15) is 0 Å². The van der Waals surface area contributed by atoms with E-state index in [0.29, 0.717) is 36.7 Å². The van der Waals surface area contributed by atoms with E-state index in [-0.39, 0.29) is 23.2 Å². The molecule has 0 unspecified atom stereocenters. The molecule has 0 aromatic heterocycles. The summed E-state index contributed by atoms with van der Waals surface area (Å²) >= 11 is 0. The van der Waals surface area contributed by atoms with Gasteiger partial charge in [0.25, 0.3) is 5.91 Å². The van der Waals surface area contributed by atoms with Gasteiger partial charge in [-0.2, -0.15) is 4.31 Å². The van der Waals surface area contributed by atoms with E-state index in [0.717, 1.165) is 18.4 Å². The lowest BCUT2D eigenvalue weighted by Gasteiger charge is -2.30. The summed E-state index contributed by atoms with van der Waals surface area (Å²) in [5, 5.41) is 2.78. The lowest BCUT2D eigenvalue weighted by Crippen LogP contribution is -2.45. The van der Waals surface area contributed by atoms with Gasteiger partial charge in [-0.3, -0.25) is 4.79 Å². The standard InChI is InChI=1S/C19H31N3O3S.ClH/c1-13-6-8-22(9-7-13)26(24,25)17-11-16(10-14(2)15(17)3)18(23)21-12-19(4,5)20;/h10-11,13H,6-9,12,20H2,1-5H3,(H,21,23);1H. The number of hydrogen-bond acceptors (Lipinski definition) is 4. The second kappa shape index (κ2) is 8.90. The number of benzene rings is 1. The zero-order chi connectivity index (χ0) is 19.7. The van der Waals surface area contributed by atoms with Crippen LogP contribution < -0.4 is 11.1 Å². The third-order valence-electron chi connectivity index (χ3n) is 4.95. The van der Waals surface area contributed by atoms with Crippen LogP contribution in [-0.4, -0.2) is 43.8 Å². The molecule has 1 amide bonds. The summed E-state index contributed by atoms with van der Waals surface area (Å²) < 4.78 is 27.8. The number of rotatable bonds is 5. The Labute approximate surface area is 169 Å². The third kappa shape index (κ3) is 5.91. The van der Waals surface area contributed by atoms with Crippen molar-refractivity contribution in [1.29, 1.82) is 0 Å². The molecule has 1 aromatic rings. The Hall–Kier alpha value is -1.15. The minimum Gasteiger partial charge on any atom is -0.350 e. The number of aryl methyl sites for hydroxylation is 1. The monoisotopic (exact) mass is 417 g/mol. The van der Waals surface area contributed by atoms with Crippen LogP contribution in [0.2, 0.25) is 0 Å². The van der Waals surface area contributed by atoms with E-state index in [1.165, 1.54) is 6.07 Å². The Morgan fingerprint density at radius 2 is 1.81 bits per heavy atom. The Morgan fingerprint density at radius 3 is 2.33 bits per heavy atom. The molecule has 0 spiro atoms. The first-order valence-corrected chi connectivity index (χ1v) is 10.5. The van der Waals surface area contributed by atoms with Gasteiger partial charge in [-0.05, 0) is 69.7 Å². The molecule has 2 rings (SSSR count). The van der Waals surface area contributed by atoms with Crippen LogP contribution in [0.4, 0.5) is 0 Å². The van der Waals surface area contributed by atoms with Crippen molar-refractivity contribution in [3.63, 3.8) is 0 Å². The van der Waals surface area contributed by atoms with Crippen molar-refractivity contribution >= 4 is 28.3 Å². The summed E-state index contributed by atoms with van der Waals surface area (Å²) in [6, 6.07) is 3.22. The van der Waals surface area contributed by atoms with Crippen molar-refractivity contribution in [2.75, 3.05) is 19.6 Å². The second-order valence-electron chi connectivity index (χ2n) is 8.17. The molecule has 0 radical (unpaired) electrons. The fraction of sp³-hybridized carbons (Fsp3) is 0.632. The van der Waals surface area contributed by atoms with Crippen molar-refractivity contribution in [1.82, 2.24) is 9.62 Å². The number of sulfonamides is 1. The van der Waals surface area contributed by atoms with Crippen molar-refractivity contribution in [3.8, 4) is 0 Å². The molecule has 1 aliphatic rings. The van der Waals surface area contributed by atoms with E-state index in [2.05, 4.69) is 12.2 Å². The number of nitrogens with one attached hydrogen (secondary N) is 1. The number of carbonyl (C=O) groups excluding carboxylic acids is 1. The summed E-state index contributed by atoms with van der Waals surface area (Å²) in [6.45, 7) is 10.8. The SMILES string of the molecule is Cc1cc(C(=O)NCC(C)(C)N)cc(S(=O)(=O)N2CCC(C)CC2)c1C.Cl. The topological polar surface area (TPSA) is 92.5 Å². The fourth-order valence-electron chi connectivity index (χ4n) is 3.00. The molecular formula is C19H32ClN3O3S. The predicted octanol–water partition coefficient (Wildman–Crippen LogP) is 2.61. The molecule has 27 heavy (non-hydrogen) atoms. The maximum atomic E-state index is 13.1. The average Bonchev–Trinajstić information content (AvgIpc) is 2.54. The maximum absolute atomic E-state index is 13.1. The van der Waals surface area contributed by atoms with Crippen molar-refractivity contribution in [2.45, 2.75) is 57.9 Å². The first-order valence-electron chi connectivity index (χ1n) is 9.10. The van der Waals surface area contributed by atoms with Crippen molar-refractivity contribution in [3.05, 3.63) is 28.8 Å². The molecule has 1 aromatic carbocycles. The first kappa shape index (κ1) is 23.9. The Balaban J connectivity index is 0.00000364. The summed E-state index contributed by atoms with van der Waals surface area (Å²) in [5.74, 6) is 0.233. The molecular weight excluding hydrogens is 386 g/mol. The highest BCUT2D eigenvalue weighted by atomic mass is 35.5. The maximum Gasteiger partial charge on any atom is 0.251 e. The van der Waals surface area contributed by atoms with Gasteiger partial charge in [0.05, 0.1) is 4.90 Å². The highest BCUT2D eigenvalue weighted by molar-refractivity contribution is 7.89. The molecule has 8 heteroatoms. The third-order valence-corrected chi connectivity index (χ3v) is 6.97. The molecule has 154 valence electrons. The Kier molecular flexibility index (Phi) is 7.88. The number of piperidine rings is 1.